The third-order valence-electron chi connectivity index (χ3n) is 5.55. The minimum atomic E-state index is -0.275. The summed E-state index contributed by atoms with van der Waals surface area (Å²) in [6.45, 7) is 6.59. The van der Waals surface area contributed by atoms with Gasteiger partial charge < -0.3 is 9.64 Å². The van der Waals surface area contributed by atoms with Gasteiger partial charge in [-0.1, -0.05) is 36.4 Å². The summed E-state index contributed by atoms with van der Waals surface area (Å²) in [5, 5.41) is 2.18. The molecule has 0 unspecified atom stereocenters. The predicted octanol–water partition coefficient (Wildman–Crippen LogP) is 3.60. The number of piperazine rings is 1. The highest BCUT2D eigenvalue weighted by Gasteiger charge is 2.30. The van der Waals surface area contributed by atoms with Gasteiger partial charge in [-0.3, -0.25) is 14.3 Å². The molecular formula is C22H25N3O3. The Morgan fingerprint density at radius 1 is 0.929 bits per heavy atom. The number of aromatic nitrogens is 1. The van der Waals surface area contributed by atoms with E-state index in [2.05, 4.69) is 17.0 Å². The highest BCUT2D eigenvalue weighted by Crippen LogP contribution is 2.29. The molecule has 0 saturated carbocycles. The number of ether oxygens (including phenoxy) is 1. The Kier molecular flexibility index (Phi) is 5.05. The molecule has 2 heterocycles. The molecule has 28 heavy (non-hydrogen) atoms. The largest absolute Gasteiger partial charge is 0.450 e. The van der Waals surface area contributed by atoms with Crippen molar-refractivity contribution in [3.63, 3.8) is 0 Å². The third kappa shape index (κ3) is 3.14. The van der Waals surface area contributed by atoms with E-state index >= 15 is 0 Å². The summed E-state index contributed by atoms with van der Waals surface area (Å²) in [4.78, 5) is 29.2. The molecule has 1 aliphatic rings. The van der Waals surface area contributed by atoms with Gasteiger partial charge in [-0.2, -0.15) is 0 Å². The summed E-state index contributed by atoms with van der Waals surface area (Å²) >= 11 is 0. The van der Waals surface area contributed by atoms with Crippen LogP contribution in [0.5, 0.6) is 0 Å². The number of rotatable bonds is 3. The Labute approximate surface area is 164 Å². The van der Waals surface area contributed by atoms with E-state index in [4.69, 9.17) is 4.74 Å². The Morgan fingerprint density at radius 2 is 1.46 bits per heavy atom. The number of fused-ring (bicyclic) bond motifs is 3. The zero-order chi connectivity index (χ0) is 19.7. The summed E-state index contributed by atoms with van der Waals surface area (Å²) in [6.07, 6.45) is -0.275. The molecule has 3 aromatic rings. The molecule has 0 N–H and O–H groups in total. The first-order chi connectivity index (χ1) is 13.6. The number of hydrogen-bond acceptors (Lipinski definition) is 4. The van der Waals surface area contributed by atoms with Crippen LogP contribution < -0.4 is 0 Å². The fourth-order valence-electron chi connectivity index (χ4n) is 4.01. The van der Waals surface area contributed by atoms with Crippen LogP contribution in [-0.4, -0.2) is 65.2 Å². The number of benzene rings is 2. The third-order valence-corrected chi connectivity index (χ3v) is 5.55. The Hall–Kier alpha value is -2.86. The molecule has 2 aromatic carbocycles. The summed E-state index contributed by atoms with van der Waals surface area (Å²) < 4.78 is 6.92. The standard InChI is InChI=1S/C22H25N3O3/c1-3-28-22(27)24-14-12-23(13-15-24)16(2)21(26)25-19-10-6-4-8-17(19)18-9-5-7-11-20(18)25/h4-11,16H,3,12-15H2,1-2H3/t16-/m1/s1. The van der Waals surface area contributed by atoms with Gasteiger partial charge in [0.1, 0.15) is 0 Å². The number of para-hydroxylation sites is 2. The maximum Gasteiger partial charge on any atom is 0.409 e. The molecule has 0 spiro atoms. The molecule has 1 aliphatic heterocycles. The average molecular weight is 379 g/mol. The quantitative estimate of drug-likeness (QED) is 0.698. The maximum atomic E-state index is 13.5. The summed E-state index contributed by atoms with van der Waals surface area (Å²) in [7, 11) is 0. The van der Waals surface area contributed by atoms with Crippen molar-refractivity contribution in [3.05, 3.63) is 48.5 Å². The van der Waals surface area contributed by atoms with Gasteiger partial charge >= 0.3 is 6.09 Å². The normalized spacial score (nSPS) is 16.4. The lowest BCUT2D eigenvalue weighted by atomic mass is 10.2. The Morgan fingerprint density at radius 3 is 2.00 bits per heavy atom. The van der Waals surface area contributed by atoms with Gasteiger partial charge in [0.05, 0.1) is 23.7 Å². The van der Waals surface area contributed by atoms with Crippen molar-refractivity contribution in [2.24, 2.45) is 0 Å². The maximum absolute atomic E-state index is 13.5. The molecule has 1 saturated heterocycles. The number of hydrogen-bond donors (Lipinski definition) is 0. The fourth-order valence-corrected chi connectivity index (χ4v) is 4.01. The van der Waals surface area contributed by atoms with Crippen LogP contribution in [0.3, 0.4) is 0 Å². The lowest BCUT2D eigenvalue weighted by Crippen LogP contribution is -2.53. The van der Waals surface area contributed by atoms with E-state index in [1.807, 2.05) is 47.9 Å². The minimum absolute atomic E-state index is 0.0574. The van der Waals surface area contributed by atoms with E-state index in [9.17, 15) is 9.59 Å². The first-order valence-corrected chi connectivity index (χ1v) is 9.80. The molecule has 1 aromatic heterocycles. The van der Waals surface area contributed by atoms with Crippen molar-refractivity contribution < 1.29 is 14.3 Å². The number of amides is 1. The van der Waals surface area contributed by atoms with E-state index in [0.717, 1.165) is 21.8 Å². The second-order valence-electron chi connectivity index (χ2n) is 7.11. The van der Waals surface area contributed by atoms with Gasteiger partial charge in [0.15, 0.2) is 0 Å². The van der Waals surface area contributed by atoms with E-state index in [1.54, 1.807) is 11.8 Å². The summed E-state index contributed by atoms with van der Waals surface area (Å²) in [6, 6.07) is 15.8. The zero-order valence-corrected chi connectivity index (χ0v) is 16.3. The second-order valence-corrected chi connectivity index (χ2v) is 7.11. The monoisotopic (exact) mass is 379 g/mol. The van der Waals surface area contributed by atoms with Gasteiger partial charge in [-0.15, -0.1) is 0 Å². The first kappa shape index (κ1) is 18.5. The van der Waals surface area contributed by atoms with Crippen molar-refractivity contribution >= 4 is 33.8 Å². The van der Waals surface area contributed by atoms with Gasteiger partial charge in [0.2, 0.25) is 5.91 Å². The molecule has 6 nitrogen and oxygen atoms in total. The van der Waals surface area contributed by atoms with Crippen LogP contribution in [0.2, 0.25) is 0 Å². The fraction of sp³-hybridized carbons (Fsp3) is 0.364. The van der Waals surface area contributed by atoms with E-state index in [-0.39, 0.29) is 18.0 Å². The molecule has 0 aliphatic carbocycles. The van der Waals surface area contributed by atoms with Gasteiger partial charge in [-0.25, -0.2) is 4.79 Å². The van der Waals surface area contributed by atoms with Crippen LogP contribution in [0.25, 0.3) is 21.8 Å². The lowest BCUT2D eigenvalue weighted by Gasteiger charge is -2.36. The minimum Gasteiger partial charge on any atom is -0.450 e. The summed E-state index contributed by atoms with van der Waals surface area (Å²) in [5.74, 6) is 0.0574. The van der Waals surface area contributed by atoms with Gasteiger partial charge in [-0.05, 0) is 26.0 Å². The van der Waals surface area contributed by atoms with Crippen molar-refractivity contribution in [1.29, 1.82) is 0 Å². The molecule has 0 radical (unpaired) electrons. The summed E-state index contributed by atoms with van der Waals surface area (Å²) in [5.41, 5.74) is 1.87. The van der Waals surface area contributed by atoms with Crippen LogP contribution in [0.1, 0.15) is 18.6 Å². The van der Waals surface area contributed by atoms with Crippen LogP contribution in [0.15, 0.2) is 48.5 Å². The Bertz CT molecular complexity index is 965. The van der Waals surface area contributed by atoms with Crippen LogP contribution in [-0.2, 0) is 4.74 Å². The molecule has 0 bridgehead atoms. The molecule has 1 amide bonds. The Balaban J connectivity index is 1.59. The predicted molar refractivity (Wildman–Crippen MR) is 110 cm³/mol. The molecule has 146 valence electrons. The number of nitrogens with zero attached hydrogens (tertiary/aromatic N) is 3. The van der Waals surface area contributed by atoms with Crippen molar-refractivity contribution in [2.45, 2.75) is 19.9 Å². The highest BCUT2D eigenvalue weighted by molar-refractivity contribution is 6.13. The topological polar surface area (TPSA) is 54.8 Å². The molecule has 4 rings (SSSR count). The average Bonchev–Trinajstić information content (AvgIpc) is 3.07. The van der Waals surface area contributed by atoms with Crippen molar-refractivity contribution in [1.82, 2.24) is 14.4 Å². The molecule has 1 fully saturated rings. The van der Waals surface area contributed by atoms with Gasteiger partial charge in [0, 0.05) is 37.0 Å². The van der Waals surface area contributed by atoms with Crippen molar-refractivity contribution in [2.75, 3.05) is 32.8 Å². The van der Waals surface area contributed by atoms with Crippen molar-refractivity contribution in [3.8, 4) is 0 Å². The molecule has 1 atom stereocenters. The van der Waals surface area contributed by atoms with E-state index in [0.29, 0.717) is 32.8 Å². The number of carbonyl (C=O) groups excluding carboxylic acids is 2. The highest BCUT2D eigenvalue weighted by atomic mass is 16.6. The smallest absolute Gasteiger partial charge is 0.409 e. The molecular weight excluding hydrogens is 354 g/mol. The van der Waals surface area contributed by atoms with Crippen LogP contribution >= 0.6 is 0 Å². The number of carbonyl (C=O) groups is 2. The first-order valence-electron chi connectivity index (χ1n) is 9.80. The van der Waals surface area contributed by atoms with E-state index < -0.39 is 0 Å². The van der Waals surface area contributed by atoms with E-state index in [1.165, 1.54) is 0 Å². The molecule has 6 heteroatoms. The second kappa shape index (κ2) is 7.64. The van der Waals surface area contributed by atoms with Crippen LogP contribution in [0, 0.1) is 0 Å². The zero-order valence-electron chi connectivity index (χ0n) is 16.3. The van der Waals surface area contributed by atoms with Crippen LogP contribution in [0.4, 0.5) is 4.79 Å². The van der Waals surface area contributed by atoms with Gasteiger partial charge in [0.25, 0.3) is 0 Å². The lowest BCUT2D eigenvalue weighted by molar-refractivity contribution is 0.0561. The SMILES string of the molecule is CCOC(=O)N1CCN([C@H](C)C(=O)n2c3ccccc3c3ccccc32)CC1.